The molecule has 0 atom stereocenters. The molecule has 1 N–H and O–H groups in total. The molecule has 0 bridgehead atoms. The van der Waals surface area contributed by atoms with E-state index in [2.05, 4.69) is 15.3 Å². The summed E-state index contributed by atoms with van der Waals surface area (Å²) in [6, 6.07) is 1.90. The number of aromatic nitrogens is 2. The Balaban J connectivity index is 1.64. The summed E-state index contributed by atoms with van der Waals surface area (Å²) in [4.78, 5) is 8.68. The smallest absolute Gasteiger partial charge is 0.218 e. The fraction of sp³-hybridized carbons (Fsp3) is 0.714. The standard InChI is InChI=1S/C14H21N3O/c1-3-18-13-8-12(16-10(2)17-13)15-9-14(6-7-14)11-4-5-11/h8,11H,3-7,9H2,1-2H3,(H,15,16,17). The summed E-state index contributed by atoms with van der Waals surface area (Å²) < 4.78 is 5.44. The van der Waals surface area contributed by atoms with Crippen LogP contribution in [-0.2, 0) is 0 Å². The predicted octanol–water partition coefficient (Wildman–Crippen LogP) is 2.79. The van der Waals surface area contributed by atoms with Gasteiger partial charge in [0.1, 0.15) is 11.6 Å². The number of nitrogens with zero attached hydrogens (tertiary/aromatic N) is 2. The maximum atomic E-state index is 5.44. The van der Waals surface area contributed by atoms with Gasteiger partial charge in [0.2, 0.25) is 5.88 Å². The second-order valence-electron chi connectivity index (χ2n) is 5.56. The lowest BCUT2D eigenvalue weighted by Crippen LogP contribution is -2.18. The van der Waals surface area contributed by atoms with Crippen molar-refractivity contribution < 1.29 is 4.74 Å². The molecule has 1 heterocycles. The normalized spacial score (nSPS) is 20.6. The molecule has 0 amide bonds. The third kappa shape index (κ3) is 2.42. The van der Waals surface area contributed by atoms with Crippen LogP contribution in [0.1, 0.15) is 38.4 Å². The molecule has 98 valence electrons. The molecular weight excluding hydrogens is 226 g/mol. The number of aryl methyl sites for hydroxylation is 1. The predicted molar refractivity (Wildman–Crippen MR) is 70.8 cm³/mol. The number of anilines is 1. The van der Waals surface area contributed by atoms with Crippen molar-refractivity contribution in [1.82, 2.24) is 9.97 Å². The van der Waals surface area contributed by atoms with Crippen LogP contribution in [0.5, 0.6) is 5.88 Å². The van der Waals surface area contributed by atoms with Gasteiger partial charge in [-0.1, -0.05) is 0 Å². The summed E-state index contributed by atoms with van der Waals surface area (Å²) in [7, 11) is 0. The summed E-state index contributed by atoms with van der Waals surface area (Å²) >= 11 is 0. The third-order valence-corrected chi connectivity index (χ3v) is 4.06. The maximum absolute atomic E-state index is 5.44. The molecule has 18 heavy (non-hydrogen) atoms. The Morgan fingerprint density at radius 2 is 2.17 bits per heavy atom. The number of nitrogens with one attached hydrogen (secondary N) is 1. The zero-order valence-corrected chi connectivity index (χ0v) is 11.2. The van der Waals surface area contributed by atoms with Crippen LogP contribution in [0.2, 0.25) is 0 Å². The molecule has 2 aliphatic carbocycles. The summed E-state index contributed by atoms with van der Waals surface area (Å²) in [5.74, 6) is 3.31. The Kier molecular flexibility index (Phi) is 2.88. The fourth-order valence-electron chi connectivity index (χ4n) is 2.70. The monoisotopic (exact) mass is 247 g/mol. The number of ether oxygens (including phenoxy) is 1. The molecule has 1 aromatic heterocycles. The van der Waals surface area contributed by atoms with E-state index in [1.807, 2.05) is 19.9 Å². The zero-order valence-electron chi connectivity index (χ0n) is 11.2. The van der Waals surface area contributed by atoms with Crippen LogP contribution < -0.4 is 10.1 Å². The quantitative estimate of drug-likeness (QED) is 0.839. The van der Waals surface area contributed by atoms with E-state index >= 15 is 0 Å². The minimum Gasteiger partial charge on any atom is -0.478 e. The van der Waals surface area contributed by atoms with Crippen molar-refractivity contribution in [2.45, 2.75) is 39.5 Å². The van der Waals surface area contributed by atoms with E-state index in [-0.39, 0.29) is 0 Å². The summed E-state index contributed by atoms with van der Waals surface area (Å²) in [6.45, 7) is 5.57. The lowest BCUT2D eigenvalue weighted by molar-refractivity contribution is 0.325. The highest BCUT2D eigenvalue weighted by Gasteiger charge is 2.53. The third-order valence-electron chi connectivity index (χ3n) is 4.06. The molecule has 0 unspecified atom stereocenters. The lowest BCUT2D eigenvalue weighted by atomic mass is 10.0. The Labute approximate surface area is 108 Å². The summed E-state index contributed by atoms with van der Waals surface area (Å²) in [5, 5.41) is 3.48. The van der Waals surface area contributed by atoms with E-state index in [9.17, 15) is 0 Å². The average molecular weight is 247 g/mol. The van der Waals surface area contributed by atoms with Gasteiger partial charge in [0.15, 0.2) is 0 Å². The van der Waals surface area contributed by atoms with Gasteiger partial charge in [-0.3, -0.25) is 0 Å². The largest absolute Gasteiger partial charge is 0.478 e. The first-order valence-corrected chi connectivity index (χ1v) is 6.94. The maximum Gasteiger partial charge on any atom is 0.218 e. The van der Waals surface area contributed by atoms with Crippen molar-refractivity contribution in [3.8, 4) is 5.88 Å². The molecule has 2 aliphatic rings. The summed E-state index contributed by atoms with van der Waals surface area (Å²) in [6.07, 6.45) is 5.61. The van der Waals surface area contributed by atoms with Crippen LogP contribution in [0.25, 0.3) is 0 Å². The van der Waals surface area contributed by atoms with Gasteiger partial charge in [-0.15, -0.1) is 0 Å². The van der Waals surface area contributed by atoms with Crippen molar-refractivity contribution >= 4 is 5.82 Å². The van der Waals surface area contributed by atoms with Crippen molar-refractivity contribution in [3.63, 3.8) is 0 Å². The van der Waals surface area contributed by atoms with Gasteiger partial charge in [0.05, 0.1) is 6.61 Å². The Morgan fingerprint density at radius 1 is 1.39 bits per heavy atom. The van der Waals surface area contributed by atoms with Gasteiger partial charge in [-0.2, -0.15) is 4.98 Å². The number of hydrogen-bond donors (Lipinski definition) is 1. The highest BCUT2D eigenvalue weighted by atomic mass is 16.5. The van der Waals surface area contributed by atoms with E-state index in [4.69, 9.17) is 4.74 Å². The first kappa shape index (κ1) is 11.8. The molecule has 0 saturated heterocycles. The van der Waals surface area contributed by atoms with Crippen molar-refractivity contribution in [2.75, 3.05) is 18.5 Å². The highest BCUT2D eigenvalue weighted by molar-refractivity contribution is 5.39. The van der Waals surface area contributed by atoms with Crippen LogP contribution >= 0.6 is 0 Å². The fourth-order valence-corrected chi connectivity index (χ4v) is 2.70. The Hall–Kier alpha value is -1.32. The average Bonchev–Trinajstić information content (AvgIpc) is 3.19. The molecular formula is C14H21N3O. The van der Waals surface area contributed by atoms with Crippen LogP contribution in [0.3, 0.4) is 0 Å². The van der Waals surface area contributed by atoms with E-state index < -0.39 is 0 Å². The second kappa shape index (κ2) is 4.41. The van der Waals surface area contributed by atoms with Crippen LogP contribution in [-0.4, -0.2) is 23.1 Å². The van der Waals surface area contributed by atoms with Crippen molar-refractivity contribution in [1.29, 1.82) is 0 Å². The van der Waals surface area contributed by atoms with Gasteiger partial charge >= 0.3 is 0 Å². The van der Waals surface area contributed by atoms with Gasteiger partial charge in [0, 0.05) is 12.6 Å². The van der Waals surface area contributed by atoms with Gasteiger partial charge < -0.3 is 10.1 Å². The Morgan fingerprint density at radius 3 is 2.78 bits per heavy atom. The van der Waals surface area contributed by atoms with Gasteiger partial charge in [-0.05, 0) is 50.9 Å². The zero-order chi connectivity index (χ0) is 12.6. The van der Waals surface area contributed by atoms with E-state index in [0.717, 1.165) is 24.1 Å². The minimum atomic E-state index is 0.588. The van der Waals surface area contributed by atoms with Gasteiger partial charge in [0.25, 0.3) is 0 Å². The van der Waals surface area contributed by atoms with E-state index in [1.165, 1.54) is 25.7 Å². The molecule has 0 aliphatic heterocycles. The van der Waals surface area contributed by atoms with Crippen LogP contribution in [0, 0.1) is 18.3 Å². The van der Waals surface area contributed by atoms with Crippen LogP contribution in [0.4, 0.5) is 5.82 Å². The van der Waals surface area contributed by atoms with Crippen molar-refractivity contribution in [3.05, 3.63) is 11.9 Å². The lowest BCUT2D eigenvalue weighted by Gasteiger charge is -2.16. The second-order valence-corrected chi connectivity index (χ2v) is 5.56. The SMILES string of the molecule is CCOc1cc(NCC2(C3CC3)CC2)nc(C)n1. The molecule has 4 nitrogen and oxygen atoms in total. The first-order chi connectivity index (χ1) is 8.72. The molecule has 0 radical (unpaired) electrons. The molecule has 4 heteroatoms. The molecule has 1 aromatic rings. The number of hydrogen-bond acceptors (Lipinski definition) is 4. The van der Waals surface area contributed by atoms with Gasteiger partial charge in [-0.25, -0.2) is 4.98 Å². The van der Waals surface area contributed by atoms with Crippen LogP contribution in [0.15, 0.2) is 6.07 Å². The molecule has 0 spiro atoms. The Bertz CT molecular complexity index is 439. The molecule has 0 aromatic carbocycles. The van der Waals surface area contributed by atoms with Crippen molar-refractivity contribution in [2.24, 2.45) is 11.3 Å². The highest BCUT2D eigenvalue weighted by Crippen LogP contribution is 2.61. The minimum absolute atomic E-state index is 0.588. The molecule has 3 rings (SSSR count). The first-order valence-electron chi connectivity index (χ1n) is 6.94. The molecule has 2 saturated carbocycles. The number of rotatable bonds is 6. The topological polar surface area (TPSA) is 47.0 Å². The van der Waals surface area contributed by atoms with E-state index in [1.54, 1.807) is 0 Å². The summed E-state index contributed by atoms with van der Waals surface area (Å²) in [5.41, 5.74) is 0.588. The molecule has 2 fully saturated rings. The van der Waals surface area contributed by atoms with E-state index in [0.29, 0.717) is 17.9 Å².